The maximum atomic E-state index is 11.9. The Hall–Kier alpha value is -1.56. The Labute approximate surface area is 113 Å². The minimum absolute atomic E-state index is 0.206. The first-order valence-electron chi connectivity index (χ1n) is 6.12. The number of hydrogen-bond acceptors (Lipinski definition) is 3. The molecule has 1 aromatic rings. The number of aryl methyl sites for hydroxylation is 1. The Balaban J connectivity index is 3.27. The van der Waals surface area contributed by atoms with Crippen LogP contribution in [0.15, 0.2) is 24.3 Å². The highest BCUT2D eigenvalue weighted by Gasteiger charge is 2.31. The van der Waals surface area contributed by atoms with E-state index in [0.717, 1.165) is 22.5 Å². The largest absolute Gasteiger partial charge is 0.480 e. The molecule has 6 heteroatoms. The number of carboxylic acid groups (broad SMARTS) is 1. The van der Waals surface area contributed by atoms with Crippen molar-refractivity contribution in [1.29, 1.82) is 0 Å². The zero-order valence-corrected chi connectivity index (χ0v) is 12.1. The van der Waals surface area contributed by atoms with Crippen molar-refractivity contribution >= 4 is 21.7 Å². The molecule has 0 saturated heterocycles. The third-order valence-corrected chi connectivity index (χ3v) is 4.09. The number of aliphatic carboxylic acids is 1. The second-order valence-corrected chi connectivity index (χ2v) is 6.20. The van der Waals surface area contributed by atoms with Crippen molar-refractivity contribution in [3.63, 3.8) is 0 Å². The minimum Gasteiger partial charge on any atom is -0.480 e. The monoisotopic (exact) mass is 285 g/mol. The molecule has 0 aromatic heterocycles. The van der Waals surface area contributed by atoms with Crippen LogP contribution in [-0.2, 0) is 21.2 Å². The zero-order valence-electron chi connectivity index (χ0n) is 11.3. The molecule has 1 atom stereocenters. The van der Waals surface area contributed by atoms with Gasteiger partial charge in [0.1, 0.15) is 6.04 Å². The Morgan fingerprint density at radius 2 is 1.79 bits per heavy atom. The molecular weight excluding hydrogens is 266 g/mol. The van der Waals surface area contributed by atoms with Crippen molar-refractivity contribution < 1.29 is 18.3 Å². The van der Waals surface area contributed by atoms with E-state index in [-0.39, 0.29) is 6.42 Å². The molecule has 0 amide bonds. The van der Waals surface area contributed by atoms with Gasteiger partial charge in [-0.2, -0.15) is 0 Å². The van der Waals surface area contributed by atoms with Crippen molar-refractivity contribution in [2.45, 2.75) is 32.7 Å². The Morgan fingerprint density at radius 3 is 2.11 bits per heavy atom. The third-order valence-electron chi connectivity index (χ3n) is 2.91. The number of sulfonamides is 1. The van der Waals surface area contributed by atoms with Gasteiger partial charge in [-0.15, -0.1) is 0 Å². The minimum atomic E-state index is -3.64. The summed E-state index contributed by atoms with van der Waals surface area (Å²) in [4.78, 5) is 11.2. The molecule has 0 saturated carbocycles. The molecule has 0 bridgehead atoms. The van der Waals surface area contributed by atoms with Gasteiger partial charge in [-0.05, 0) is 30.5 Å². The first kappa shape index (κ1) is 15.5. The number of carboxylic acids is 1. The predicted octanol–water partition coefficient (Wildman–Crippen LogP) is 1.88. The van der Waals surface area contributed by atoms with Crippen LogP contribution in [0.1, 0.15) is 25.8 Å². The molecule has 5 nitrogen and oxygen atoms in total. The molecule has 1 aromatic carbocycles. The summed E-state index contributed by atoms with van der Waals surface area (Å²) >= 11 is 0. The van der Waals surface area contributed by atoms with E-state index in [1.54, 1.807) is 19.1 Å². The summed E-state index contributed by atoms with van der Waals surface area (Å²) in [6.45, 7) is 3.65. The fourth-order valence-electron chi connectivity index (χ4n) is 1.92. The molecular formula is C13H19NO4S. The number of anilines is 1. The van der Waals surface area contributed by atoms with Gasteiger partial charge in [-0.3, -0.25) is 4.31 Å². The first-order valence-corrected chi connectivity index (χ1v) is 7.97. The van der Waals surface area contributed by atoms with Crippen LogP contribution < -0.4 is 4.31 Å². The fraction of sp³-hybridized carbons (Fsp3) is 0.462. The average Bonchev–Trinajstić information content (AvgIpc) is 2.34. The smallest absolute Gasteiger partial charge is 0.327 e. The molecule has 106 valence electrons. The number of hydrogen-bond donors (Lipinski definition) is 1. The Kier molecular flexibility index (Phi) is 4.94. The lowest BCUT2D eigenvalue weighted by molar-refractivity contribution is -0.138. The van der Waals surface area contributed by atoms with E-state index >= 15 is 0 Å². The summed E-state index contributed by atoms with van der Waals surface area (Å²) in [5.74, 6) is -1.15. The average molecular weight is 285 g/mol. The molecule has 0 heterocycles. The van der Waals surface area contributed by atoms with Crippen molar-refractivity contribution in [2.24, 2.45) is 0 Å². The maximum absolute atomic E-state index is 11.9. The van der Waals surface area contributed by atoms with Gasteiger partial charge < -0.3 is 5.11 Å². The topological polar surface area (TPSA) is 74.7 Å². The molecule has 0 unspecified atom stereocenters. The fourth-order valence-corrected chi connectivity index (χ4v) is 3.13. The molecule has 0 aliphatic carbocycles. The van der Waals surface area contributed by atoms with E-state index < -0.39 is 22.0 Å². The van der Waals surface area contributed by atoms with Crippen LogP contribution in [0, 0.1) is 0 Å². The van der Waals surface area contributed by atoms with Crippen LogP contribution >= 0.6 is 0 Å². The van der Waals surface area contributed by atoms with Crippen molar-refractivity contribution in [3.8, 4) is 0 Å². The van der Waals surface area contributed by atoms with Crippen LogP contribution in [0.3, 0.4) is 0 Å². The lowest BCUT2D eigenvalue weighted by Crippen LogP contribution is -2.44. The summed E-state index contributed by atoms with van der Waals surface area (Å²) < 4.78 is 24.7. The summed E-state index contributed by atoms with van der Waals surface area (Å²) in [6.07, 6.45) is 2.07. The highest BCUT2D eigenvalue weighted by atomic mass is 32.2. The van der Waals surface area contributed by atoms with Gasteiger partial charge in [0, 0.05) is 0 Å². The Morgan fingerprint density at radius 1 is 1.26 bits per heavy atom. The van der Waals surface area contributed by atoms with E-state index in [0.29, 0.717) is 5.69 Å². The van der Waals surface area contributed by atoms with Crippen LogP contribution in [0.2, 0.25) is 0 Å². The molecule has 19 heavy (non-hydrogen) atoms. The highest BCUT2D eigenvalue weighted by Crippen LogP contribution is 2.23. The van der Waals surface area contributed by atoms with Gasteiger partial charge in [0.2, 0.25) is 10.0 Å². The van der Waals surface area contributed by atoms with Crippen molar-refractivity contribution in [3.05, 3.63) is 29.8 Å². The lowest BCUT2D eigenvalue weighted by Gasteiger charge is -2.28. The van der Waals surface area contributed by atoms with Crippen LogP contribution in [-0.4, -0.2) is 31.8 Å². The molecule has 1 rings (SSSR count). The second-order valence-electron chi connectivity index (χ2n) is 4.34. The summed E-state index contributed by atoms with van der Waals surface area (Å²) in [6, 6.07) is 5.82. The summed E-state index contributed by atoms with van der Waals surface area (Å²) in [5.41, 5.74) is 1.45. The maximum Gasteiger partial charge on any atom is 0.327 e. The third kappa shape index (κ3) is 3.70. The Bertz CT molecular complexity index is 536. The number of rotatable bonds is 6. The van der Waals surface area contributed by atoms with Gasteiger partial charge in [0.05, 0.1) is 11.9 Å². The van der Waals surface area contributed by atoms with E-state index in [9.17, 15) is 13.2 Å². The van der Waals surface area contributed by atoms with E-state index in [1.165, 1.54) is 0 Å². The summed E-state index contributed by atoms with van der Waals surface area (Å²) in [5, 5.41) is 9.16. The molecule has 0 radical (unpaired) electrons. The van der Waals surface area contributed by atoms with Gasteiger partial charge in [-0.1, -0.05) is 26.0 Å². The van der Waals surface area contributed by atoms with E-state index in [1.807, 2.05) is 19.1 Å². The first-order chi connectivity index (χ1) is 8.81. The second kappa shape index (κ2) is 6.06. The van der Waals surface area contributed by atoms with Gasteiger partial charge in [-0.25, -0.2) is 13.2 Å². The van der Waals surface area contributed by atoms with Gasteiger partial charge >= 0.3 is 5.97 Å². The van der Waals surface area contributed by atoms with Gasteiger partial charge in [0.25, 0.3) is 0 Å². The lowest BCUT2D eigenvalue weighted by atomic mass is 10.1. The number of benzene rings is 1. The number of carbonyl (C=O) groups is 1. The quantitative estimate of drug-likeness (QED) is 0.866. The number of nitrogens with zero attached hydrogens (tertiary/aromatic N) is 1. The molecule has 0 aliphatic rings. The van der Waals surface area contributed by atoms with E-state index in [4.69, 9.17) is 5.11 Å². The SMILES string of the molecule is CCc1ccc(N([C@H](CC)C(=O)O)S(C)(=O)=O)cc1. The molecule has 0 spiro atoms. The van der Waals surface area contributed by atoms with Crippen molar-refractivity contribution in [2.75, 3.05) is 10.6 Å². The van der Waals surface area contributed by atoms with Gasteiger partial charge in [0.15, 0.2) is 0 Å². The molecule has 0 aliphatic heterocycles. The van der Waals surface area contributed by atoms with Crippen molar-refractivity contribution in [1.82, 2.24) is 0 Å². The standard InChI is InChI=1S/C13H19NO4S/c1-4-10-6-8-11(9-7-10)14(19(3,17)18)12(5-2)13(15)16/h6-9,12H,4-5H2,1-3H3,(H,15,16)/t12-/m1/s1. The highest BCUT2D eigenvalue weighted by molar-refractivity contribution is 7.92. The van der Waals surface area contributed by atoms with Crippen LogP contribution in [0.5, 0.6) is 0 Å². The normalized spacial score (nSPS) is 13.0. The van der Waals surface area contributed by atoms with Crippen LogP contribution in [0.25, 0.3) is 0 Å². The zero-order chi connectivity index (χ0) is 14.6. The van der Waals surface area contributed by atoms with E-state index in [2.05, 4.69) is 0 Å². The predicted molar refractivity (Wildman–Crippen MR) is 74.9 cm³/mol. The summed E-state index contributed by atoms with van der Waals surface area (Å²) in [7, 11) is -3.64. The van der Waals surface area contributed by atoms with Crippen LogP contribution in [0.4, 0.5) is 5.69 Å². The molecule has 1 N–H and O–H groups in total. The molecule has 0 fully saturated rings.